The first kappa shape index (κ1) is 36.6. The Morgan fingerprint density at radius 3 is 1.31 bits per heavy atom. The van der Waals surface area contributed by atoms with Gasteiger partial charge in [0.15, 0.2) is 0 Å². The van der Waals surface area contributed by atoms with Crippen molar-refractivity contribution in [3.8, 4) is 45.1 Å². The van der Waals surface area contributed by atoms with Gasteiger partial charge in [-0.05, 0) is 134 Å². The zero-order valence-electron chi connectivity index (χ0n) is 64.0. The van der Waals surface area contributed by atoms with Crippen LogP contribution in [0.4, 0.5) is 17.1 Å². The molecule has 0 saturated heterocycles. The van der Waals surface area contributed by atoms with Crippen LogP contribution in [-0.4, -0.2) is 15.8 Å². The van der Waals surface area contributed by atoms with E-state index in [1.54, 1.807) is 9.13 Å². The Kier molecular flexibility index (Phi) is 7.85. The van der Waals surface area contributed by atoms with E-state index in [9.17, 15) is 13.7 Å². The number of para-hydroxylation sites is 6. The largest absolute Gasteiger partial charge is 0.457 e. The minimum atomic E-state index is -1.34. The molecule has 3 aliphatic heterocycles. The molecule has 5 heterocycles. The number of hydrogen-bond acceptors (Lipinski definition) is 2. The van der Waals surface area contributed by atoms with E-state index in [0.717, 1.165) is 83.4 Å². The lowest BCUT2D eigenvalue weighted by Crippen LogP contribution is -2.65. The third-order valence-electron chi connectivity index (χ3n) is 18.0. The zero-order chi connectivity index (χ0) is 71.7. The van der Waals surface area contributed by atoms with Crippen molar-refractivity contribution in [1.29, 1.82) is 0 Å². The molecular formula is C81H62BN3O. The van der Waals surface area contributed by atoms with E-state index in [4.69, 9.17) is 13.0 Å². The minimum Gasteiger partial charge on any atom is -0.457 e. The van der Waals surface area contributed by atoms with E-state index in [-0.39, 0.29) is 49.0 Å². The summed E-state index contributed by atoms with van der Waals surface area (Å²) < 4.78 is 160. The quantitative estimate of drug-likeness (QED) is 0.160. The van der Waals surface area contributed by atoms with Crippen molar-refractivity contribution in [3.05, 3.63) is 300 Å². The number of hydrogen-bond donors (Lipinski definition) is 0. The van der Waals surface area contributed by atoms with Crippen LogP contribution < -0.4 is 26.0 Å². The van der Waals surface area contributed by atoms with Gasteiger partial charge in [-0.2, -0.15) is 0 Å². The van der Waals surface area contributed by atoms with E-state index < -0.39 is 114 Å². The van der Waals surface area contributed by atoms with Crippen LogP contribution in [0.5, 0.6) is 11.5 Å². The molecule has 14 aromatic rings. The summed E-state index contributed by atoms with van der Waals surface area (Å²) in [5.74, 6) is 1.13. The van der Waals surface area contributed by atoms with Crippen LogP contribution in [0.2, 0.25) is 0 Å². The molecule has 17 rings (SSSR count). The molecule has 0 atom stereocenters. The highest BCUT2D eigenvalue weighted by molar-refractivity contribution is 6.99. The van der Waals surface area contributed by atoms with Gasteiger partial charge in [0.1, 0.15) is 11.5 Å². The fourth-order valence-electron chi connectivity index (χ4n) is 14.1. The van der Waals surface area contributed by atoms with Crippen LogP contribution in [0.15, 0.2) is 267 Å². The van der Waals surface area contributed by atoms with Gasteiger partial charge in [-0.3, -0.25) is 0 Å². The number of fused-ring (bicyclic) bond motifs is 16. The molecule has 3 aliphatic rings. The van der Waals surface area contributed by atoms with Gasteiger partial charge in [0, 0.05) is 66.5 Å². The van der Waals surface area contributed by atoms with Gasteiger partial charge in [-0.1, -0.05) is 235 Å². The minimum absolute atomic E-state index is 0.0369. The van der Waals surface area contributed by atoms with Crippen LogP contribution in [0, 0.1) is 0 Å². The fourth-order valence-corrected chi connectivity index (χ4v) is 14.1. The van der Waals surface area contributed by atoms with Crippen molar-refractivity contribution in [2.45, 2.75) is 57.8 Å². The van der Waals surface area contributed by atoms with Gasteiger partial charge >= 0.3 is 0 Å². The molecule has 0 bridgehead atoms. The Balaban J connectivity index is 1.10. The fraction of sp³-hybridized carbons (Fsp3) is 0.111. The first-order chi connectivity index (χ1) is 48.6. The zero-order valence-corrected chi connectivity index (χ0v) is 48.0. The standard InChI is InChI=1S/C81H62BN3O/c1-79(2,3)53-45-61(51-25-9-7-10-26-51)78(62(46-53)52-27-11-8-12-28-52)85-73-50-56(84-71-37-21-15-31-59(71)60-32-16-22-38-72(60)84)42-44-68(73)82-67-43-41-55(83-69-35-19-13-29-57(69)58-30-14-20-36-70(58)83)49-65(67)81(66-47-54(80(4,5)6)48-74(85)77(66)82)63-33-17-23-39-75(63)86-76-40-24-18-34-64(76)81/h7-50H,1-6H3/i13D,14D,15D,16D,19D,20D,21D,22D,29D,30D,31D,32D,35D,36D,37D,38D. The molecule has 1 spiro atoms. The van der Waals surface area contributed by atoms with Gasteiger partial charge in [0.2, 0.25) is 6.71 Å². The van der Waals surface area contributed by atoms with Gasteiger partial charge in [0.25, 0.3) is 0 Å². The molecule has 0 N–H and O–H groups in total. The predicted molar refractivity (Wildman–Crippen MR) is 361 cm³/mol. The van der Waals surface area contributed by atoms with E-state index in [1.165, 1.54) is 0 Å². The average molecular weight is 1120 g/mol. The van der Waals surface area contributed by atoms with Gasteiger partial charge in [-0.25, -0.2) is 0 Å². The van der Waals surface area contributed by atoms with E-state index >= 15 is 0 Å². The molecule has 5 heteroatoms. The number of nitrogens with zero attached hydrogens (tertiary/aromatic N) is 3. The molecule has 4 nitrogen and oxygen atoms in total. The molecular weight excluding hydrogens is 1040 g/mol. The summed E-state index contributed by atoms with van der Waals surface area (Å²) >= 11 is 0. The maximum absolute atomic E-state index is 9.75. The first-order valence-electron chi connectivity index (χ1n) is 37.0. The first-order valence-corrected chi connectivity index (χ1v) is 29.0. The topological polar surface area (TPSA) is 22.3 Å². The Morgan fingerprint density at radius 2 is 0.826 bits per heavy atom. The van der Waals surface area contributed by atoms with Crippen LogP contribution in [0.1, 0.15) is 96.9 Å². The monoisotopic (exact) mass is 1120 g/mol. The number of aromatic nitrogens is 2. The van der Waals surface area contributed by atoms with Crippen molar-refractivity contribution < 1.29 is 26.7 Å². The highest BCUT2D eigenvalue weighted by atomic mass is 16.5. The van der Waals surface area contributed by atoms with E-state index in [1.807, 2.05) is 109 Å². The van der Waals surface area contributed by atoms with Crippen LogP contribution in [0.3, 0.4) is 0 Å². The third kappa shape index (κ3) is 7.18. The van der Waals surface area contributed by atoms with E-state index in [0.29, 0.717) is 28.6 Å². The Hall–Kier alpha value is -10.1. The molecule has 0 amide bonds. The van der Waals surface area contributed by atoms with Crippen molar-refractivity contribution in [1.82, 2.24) is 9.13 Å². The summed E-state index contributed by atoms with van der Waals surface area (Å²) in [5.41, 5.74) is 11.5. The smallest absolute Gasteiger partial charge is 0.247 e. The third-order valence-corrected chi connectivity index (χ3v) is 18.0. The highest BCUT2D eigenvalue weighted by Gasteiger charge is 2.55. The summed E-state index contributed by atoms with van der Waals surface area (Å²) in [6, 6.07) is 49.2. The van der Waals surface area contributed by atoms with Crippen molar-refractivity contribution >= 4 is 83.8 Å². The second-order valence-electron chi connectivity index (χ2n) is 24.8. The maximum atomic E-state index is 9.75. The normalized spacial score (nSPS) is 16.4. The van der Waals surface area contributed by atoms with Crippen molar-refractivity contribution in [2.75, 3.05) is 4.90 Å². The molecule has 410 valence electrons. The van der Waals surface area contributed by atoms with Gasteiger partial charge in [-0.15, -0.1) is 0 Å². The van der Waals surface area contributed by atoms with Crippen molar-refractivity contribution in [3.63, 3.8) is 0 Å². The molecule has 86 heavy (non-hydrogen) atoms. The van der Waals surface area contributed by atoms with Crippen molar-refractivity contribution in [2.24, 2.45) is 0 Å². The van der Waals surface area contributed by atoms with Crippen LogP contribution >= 0.6 is 0 Å². The average Bonchev–Trinajstić information content (AvgIpc) is 0.850. The maximum Gasteiger partial charge on any atom is 0.247 e. The lowest BCUT2D eigenvalue weighted by molar-refractivity contribution is 0.435. The number of rotatable bonds is 5. The molecule has 0 radical (unpaired) electrons. The number of benzene rings is 12. The predicted octanol–water partition coefficient (Wildman–Crippen LogP) is 18.9. The SMILES string of the molecule is [2H]c1c([2H])c([2H])c2c(c1[2H])c1c([2H])c([2H])c([2H])c([2H])c1n2-c1ccc2c(c1)N(c1c(-c3ccccc3)cc(C(C)(C)C)cc1-c1ccccc1)c1cc(C(C)(C)C)cc3c1B2c1ccc(-n2c4c([2H])c([2H])c([2H])c([2H])c4c4c([2H])c([2H])c([2H])c([2H])c42)cc1C31c2ccccc2Oc2ccccc21. The van der Waals surface area contributed by atoms with Crippen LogP contribution in [0.25, 0.3) is 77.2 Å². The van der Waals surface area contributed by atoms with Gasteiger partial charge in [0.05, 0.1) is 55.1 Å². The Bertz CT molecular complexity index is 5850. The summed E-state index contributed by atoms with van der Waals surface area (Å²) in [4.78, 5) is 2.34. The molecule has 0 saturated carbocycles. The number of ether oxygens (including phenoxy) is 1. The van der Waals surface area contributed by atoms with Crippen LogP contribution in [-0.2, 0) is 16.2 Å². The second kappa shape index (κ2) is 18.5. The summed E-state index contributed by atoms with van der Waals surface area (Å²) in [6.07, 6.45) is 0. The molecule has 2 aromatic heterocycles. The lowest BCUT2D eigenvalue weighted by atomic mass is 9.29. The molecule has 12 aromatic carbocycles. The molecule has 0 aliphatic carbocycles. The molecule has 0 unspecified atom stereocenters. The summed E-state index contributed by atoms with van der Waals surface area (Å²) in [6.45, 7) is 12.4. The Labute approximate surface area is 525 Å². The number of anilines is 3. The Morgan fingerprint density at radius 1 is 0.395 bits per heavy atom. The van der Waals surface area contributed by atoms with E-state index in [2.05, 4.69) is 107 Å². The molecule has 0 fully saturated rings. The van der Waals surface area contributed by atoms with Gasteiger partial charge < -0.3 is 18.8 Å². The summed E-state index contributed by atoms with van der Waals surface area (Å²) in [7, 11) is 0. The second-order valence-corrected chi connectivity index (χ2v) is 24.8. The lowest BCUT2D eigenvalue weighted by Gasteiger charge is -2.51. The summed E-state index contributed by atoms with van der Waals surface area (Å²) in [5, 5.41) is -0.249. The highest BCUT2D eigenvalue weighted by Crippen LogP contribution is 2.59.